The Morgan fingerprint density at radius 1 is 1.00 bits per heavy atom. The van der Waals surface area contributed by atoms with Gasteiger partial charge in [0, 0.05) is 29.7 Å². The zero-order valence-corrected chi connectivity index (χ0v) is 16.4. The van der Waals surface area contributed by atoms with E-state index in [9.17, 15) is 13.2 Å². The Morgan fingerprint density at radius 3 is 2.21 bits per heavy atom. The van der Waals surface area contributed by atoms with Gasteiger partial charge >= 0.3 is 6.18 Å². The smallest absolute Gasteiger partial charge is 0.344 e. The summed E-state index contributed by atoms with van der Waals surface area (Å²) in [6.45, 7) is 8.37. The Kier molecular flexibility index (Phi) is 5.04. The summed E-state index contributed by atoms with van der Waals surface area (Å²) < 4.78 is 57.7. The van der Waals surface area contributed by atoms with E-state index in [0.29, 0.717) is 11.9 Å². The molecule has 0 saturated carbocycles. The maximum Gasteiger partial charge on any atom is 0.417 e. The van der Waals surface area contributed by atoms with Gasteiger partial charge < -0.3 is 10.3 Å². The van der Waals surface area contributed by atoms with Crippen LogP contribution in [0.5, 0.6) is 0 Å². The van der Waals surface area contributed by atoms with Crippen LogP contribution in [0.4, 0.5) is 17.6 Å². The summed E-state index contributed by atoms with van der Waals surface area (Å²) in [6.07, 6.45) is -2.76. The first-order valence-electron chi connectivity index (χ1n) is 9.13. The third-order valence-electron chi connectivity index (χ3n) is 4.67. The van der Waals surface area contributed by atoms with Gasteiger partial charge in [0.15, 0.2) is 5.82 Å². The van der Waals surface area contributed by atoms with Gasteiger partial charge in [0.2, 0.25) is 0 Å². The van der Waals surface area contributed by atoms with Gasteiger partial charge in [0.1, 0.15) is 0 Å². The van der Waals surface area contributed by atoms with E-state index in [4.69, 9.17) is 5.73 Å². The first-order valence-corrected chi connectivity index (χ1v) is 9.13. The predicted octanol–water partition coefficient (Wildman–Crippen LogP) is 6.53. The van der Waals surface area contributed by atoms with Crippen molar-refractivity contribution in [3.05, 3.63) is 59.5 Å². The van der Waals surface area contributed by atoms with Gasteiger partial charge in [0.05, 0.1) is 11.1 Å². The minimum atomic E-state index is -4.57. The molecule has 150 valence electrons. The van der Waals surface area contributed by atoms with Crippen LogP contribution in [0.2, 0.25) is 0 Å². The zero-order chi connectivity index (χ0) is 20.9. The van der Waals surface area contributed by atoms with Gasteiger partial charge in [-0.1, -0.05) is 51.1 Å². The second-order valence-corrected chi connectivity index (χ2v) is 8.43. The molecule has 1 aromatic heterocycles. The van der Waals surface area contributed by atoms with Gasteiger partial charge in [-0.05, 0) is 29.5 Å². The first kappa shape index (κ1) is 20.4. The molecule has 0 saturated heterocycles. The Balaban J connectivity index is 2.32. The van der Waals surface area contributed by atoms with Crippen LogP contribution in [0.1, 0.15) is 44.9 Å². The van der Waals surface area contributed by atoms with Crippen LogP contribution in [-0.2, 0) is 12.7 Å². The number of aromatic nitrogens is 1. The fraction of sp³-hybridized carbons (Fsp3) is 0.364. The van der Waals surface area contributed by atoms with Crippen molar-refractivity contribution in [2.24, 2.45) is 11.1 Å². The highest BCUT2D eigenvalue weighted by atomic mass is 19.4. The fourth-order valence-electron chi connectivity index (χ4n) is 3.55. The molecule has 2 nitrogen and oxygen atoms in total. The highest BCUT2D eigenvalue weighted by Gasteiger charge is 2.34. The van der Waals surface area contributed by atoms with E-state index in [1.807, 2.05) is 27.0 Å². The molecule has 0 unspecified atom stereocenters. The van der Waals surface area contributed by atoms with Crippen LogP contribution < -0.4 is 5.73 Å². The number of halogens is 4. The SMILES string of the molecule is C[C@@H](N)c1cn(CC(C)(C)C)c2c(F)c(-c3ccccc3C(F)(F)F)ccc12. The van der Waals surface area contributed by atoms with E-state index in [1.165, 1.54) is 24.3 Å². The average Bonchev–Trinajstić information content (AvgIpc) is 2.92. The molecule has 1 heterocycles. The van der Waals surface area contributed by atoms with Crippen LogP contribution in [0.15, 0.2) is 42.6 Å². The van der Waals surface area contributed by atoms with Crippen molar-refractivity contribution >= 4 is 10.9 Å². The molecule has 1 atom stereocenters. The van der Waals surface area contributed by atoms with Crippen LogP contribution in [-0.4, -0.2) is 4.57 Å². The normalized spacial score (nSPS) is 13.9. The monoisotopic (exact) mass is 392 g/mol. The molecule has 3 rings (SSSR count). The Bertz CT molecular complexity index is 1010. The fourth-order valence-corrected chi connectivity index (χ4v) is 3.55. The Hall–Kier alpha value is -2.34. The molecule has 2 N–H and O–H groups in total. The number of hydrogen-bond donors (Lipinski definition) is 1. The molecule has 0 bridgehead atoms. The molecule has 2 aromatic carbocycles. The predicted molar refractivity (Wildman–Crippen MR) is 104 cm³/mol. The summed E-state index contributed by atoms with van der Waals surface area (Å²) in [5, 5.41) is 0.630. The van der Waals surface area contributed by atoms with Gasteiger partial charge in [-0.3, -0.25) is 0 Å². The second kappa shape index (κ2) is 6.92. The molecule has 0 aliphatic carbocycles. The second-order valence-electron chi connectivity index (χ2n) is 8.43. The third kappa shape index (κ3) is 3.78. The molecule has 0 amide bonds. The Labute approximate surface area is 162 Å². The molecule has 0 aliphatic rings. The zero-order valence-electron chi connectivity index (χ0n) is 16.4. The molecule has 0 fully saturated rings. The lowest BCUT2D eigenvalue weighted by molar-refractivity contribution is -0.137. The van der Waals surface area contributed by atoms with Crippen LogP contribution >= 0.6 is 0 Å². The molecule has 3 aromatic rings. The number of benzene rings is 2. The standard InChI is InChI=1S/C22H24F4N2/c1-13(27)17-11-28(12-21(2,3)4)20-16(17)10-9-15(19(20)23)14-7-5-6-8-18(14)22(24,25)26/h5-11,13H,12,27H2,1-4H3/t13-/m1/s1. The van der Waals surface area contributed by atoms with E-state index in [1.54, 1.807) is 17.6 Å². The lowest BCUT2D eigenvalue weighted by Gasteiger charge is -2.20. The molecule has 0 spiro atoms. The summed E-state index contributed by atoms with van der Waals surface area (Å²) in [7, 11) is 0. The Morgan fingerprint density at radius 2 is 1.64 bits per heavy atom. The number of fused-ring (bicyclic) bond motifs is 1. The molecule has 6 heteroatoms. The van der Waals surface area contributed by atoms with Crippen molar-refractivity contribution in [3.8, 4) is 11.1 Å². The van der Waals surface area contributed by atoms with Crippen LogP contribution in [0, 0.1) is 11.2 Å². The van der Waals surface area contributed by atoms with Crippen molar-refractivity contribution in [3.63, 3.8) is 0 Å². The molecule has 0 radical (unpaired) electrons. The van der Waals surface area contributed by atoms with Crippen molar-refractivity contribution in [1.82, 2.24) is 4.57 Å². The number of nitrogens with two attached hydrogens (primary N) is 1. The number of nitrogens with zero attached hydrogens (tertiary/aromatic N) is 1. The summed E-state index contributed by atoms with van der Waals surface area (Å²) in [6, 6.07) is 7.82. The molecular formula is C22H24F4N2. The molecule has 0 aliphatic heterocycles. The number of alkyl halides is 3. The lowest BCUT2D eigenvalue weighted by Crippen LogP contribution is -2.15. The average molecular weight is 392 g/mol. The largest absolute Gasteiger partial charge is 0.417 e. The van der Waals surface area contributed by atoms with Crippen LogP contribution in [0.25, 0.3) is 22.0 Å². The quantitative estimate of drug-likeness (QED) is 0.505. The third-order valence-corrected chi connectivity index (χ3v) is 4.67. The maximum atomic E-state index is 15.6. The van der Waals surface area contributed by atoms with E-state index in [0.717, 1.165) is 11.6 Å². The van der Waals surface area contributed by atoms with E-state index >= 15 is 4.39 Å². The van der Waals surface area contributed by atoms with Gasteiger partial charge in [-0.2, -0.15) is 13.2 Å². The van der Waals surface area contributed by atoms with Gasteiger partial charge in [-0.25, -0.2) is 4.39 Å². The highest BCUT2D eigenvalue weighted by Crippen LogP contribution is 2.40. The van der Waals surface area contributed by atoms with Crippen molar-refractivity contribution in [2.45, 2.75) is 46.5 Å². The lowest BCUT2D eigenvalue weighted by atomic mass is 9.95. The molecule has 28 heavy (non-hydrogen) atoms. The van der Waals surface area contributed by atoms with E-state index in [2.05, 4.69) is 0 Å². The van der Waals surface area contributed by atoms with Gasteiger partial charge in [-0.15, -0.1) is 0 Å². The first-order chi connectivity index (χ1) is 12.9. The molecular weight excluding hydrogens is 368 g/mol. The van der Waals surface area contributed by atoms with Crippen LogP contribution in [0.3, 0.4) is 0 Å². The van der Waals surface area contributed by atoms with E-state index < -0.39 is 17.6 Å². The van der Waals surface area contributed by atoms with E-state index in [-0.39, 0.29) is 28.1 Å². The minimum Gasteiger partial charge on any atom is -0.344 e. The summed E-state index contributed by atoms with van der Waals surface area (Å²) in [4.78, 5) is 0. The number of rotatable bonds is 3. The van der Waals surface area contributed by atoms with Crippen molar-refractivity contribution in [1.29, 1.82) is 0 Å². The maximum absolute atomic E-state index is 15.6. The topological polar surface area (TPSA) is 30.9 Å². The minimum absolute atomic E-state index is 0.0649. The summed E-state index contributed by atoms with van der Waals surface area (Å²) in [5.41, 5.74) is 5.88. The number of hydrogen-bond acceptors (Lipinski definition) is 1. The van der Waals surface area contributed by atoms with Crippen molar-refractivity contribution in [2.75, 3.05) is 0 Å². The van der Waals surface area contributed by atoms with Crippen molar-refractivity contribution < 1.29 is 17.6 Å². The highest BCUT2D eigenvalue weighted by molar-refractivity contribution is 5.90. The summed E-state index contributed by atoms with van der Waals surface area (Å²) >= 11 is 0. The van der Waals surface area contributed by atoms with Gasteiger partial charge in [0.25, 0.3) is 0 Å². The summed E-state index contributed by atoms with van der Waals surface area (Å²) in [5.74, 6) is -0.662.